The van der Waals surface area contributed by atoms with Crippen LogP contribution in [0.15, 0.2) is 48.6 Å². The molecule has 0 radical (unpaired) electrons. The van der Waals surface area contributed by atoms with Gasteiger partial charge in [0.15, 0.2) is 0 Å². The molecule has 4 rings (SSSR count). The first kappa shape index (κ1) is 19.5. The first-order valence-corrected chi connectivity index (χ1v) is 9.82. The largest absolute Gasteiger partial charge is 0.319 e. The van der Waals surface area contributed by atoms with E-state index in [1.807, 2.05) is 12.2 Å². The van der Waals surface area contributed by atoms with E-state index < -0.39 is 17.5 Å². The fourth-order valence-electron chi connectivity index (χ4n) is 3.67. The second kappa shape index (κ2) is 8.68. The molecule has 4 nitrogen and oxygen atoms in total. The summed E-state index contributed by atoms with van der Waals surface area (Å²) in [7, 11) is 0. The van der Waals surface area contributed by atoms with Crippen LogP contribution in [0.5, 0.6) is 0 Å². The lowest BCUT2D eigenvalue weighted by Gasteiger charge is -2.16. The van der Waals surface area contributed by atoms with Gasteiger partial charge in [0.2, 0.25) is 0 Å². The van der Waals surface area contributed by atoms with E-state index in [-0.39, 0.29) is 11.3 Å². The molecule has 2 aromatic rings. The molecule has 0 bridgehead atoms. The average Bonchev–Trinajstić information content (AvgIpc) is 2.76. The highest BCUT2D eigenvalue weighted by atomic mass is 19.1. The quantitative estimate of drug-likeness (QED) is 0.734. The summed E-state index contributed by atoms with van der Waals surface area (Å²) in [6.45, 7) is 3.22. The molecule has 2 heterocycles. The molecule has 0 atom stereocenters. The van der Waals surface area contributed by atoms with Crippen LogP contribution >= 0.6 is 0 Å². The van der Waals surface area contributed by atoms with Crippen LogP contribution in [0.4, 0.5) is 14.5 Å². The maximum Gasteiger partial charge on any atom is 0.258 e. The zero-order valence-electron chi connectivity index (χ0n) is 16.0. The van der Waals surface area contributed by atoms with E-state index >= 15 is 0 Å². The molecule has 0 saturated carbocycles. The van der Waals surface area contributed by atoms with E-state index in [4.69, 9.17) is 0 Å². The van der Waals surface area contributed by atoms with Crippen molar-refractivity contribution in [3.05, 3.63) is 76.9 Å². The number of halogens is 2. The number of nitrogens with one attached hydrogen (secondary N) is 3. The highest BCUT2D eigenvalue weighted by Gasteiger charge is 2.17. The van der Waals surface area contributed by atoms with Gasteiger partial charge in [0.25, 0.3) is 5.91 Å². The first-order valence-electron chi connectivity index (χ1n) is 9.82. The minimum absolute atomic E-state index is 0.0397. The zero-order chi connectivity index (χ0) is 20.2. The van der Waals surface area contributed by atoms with Crippen LogP contribution in [-0.2, 0) is 0 Å². The van der Waals surface area contributed by atoms with Gasteiger partial charge in [-0.25, -0.2) is 8.78 Å². The van der Waals surface area contributed by atoms with Gasteiger partial charge >= 0.3 is 0 Å². The zero-order valence-corrected chi connectivity index (χ0v) is 16.0. The standard InChI is InChI=1S/C23H23F2N3O/c24-20-13-17(15-5-9-26-10-6-15)1-3-19(20)23(29)28-22-4-2-18(14-21(22)25)16-7-11-27-12-8-16/h1-5,7,13-14,26-27H,6,8-12H2,(H,28,29). The third kappa shape index (κ3) is 4.44. The Hall–Kier alpha value is -2.83. The molecule has 2 aliphatic heterocycles. The summed E-state index contributed by atoms with van der Waals surface area (Å²) in [6.07, 6.45) is 5.70. The Morgan fingerprint density at radius 2 is 1.41 bits per heavy atom. The molecule has 0 aliphatic carbocycles. The number of rotatable bonds is 4. The smallest absolute Gasteiger partial charge is 0.258 e. The van der Waals surface area contributed by atoms with E-state index in [0.29, 0.717) is 0 Å². The van der Waals surface area contributed by atoms with Crippen molar-refractivity contribution in [2.24, 2.45) is 0 Å². The molecule has 0 unspecified atom stereocenters. The van der Waals surface area contributed by atoms with Crippen LogP contribution in [0.3, 0.4) is 0 Å². The topological polar surface area (TPSA) is 53.2 Å². The van der Waals surface area contributed by atoms with Crippen molar-refractivity contribution in [1.82, 2.24) is 10.6 Å². The Kier molecular flexibility index (Phi) is 5.83. The number of hydrogen-bond donors (Lipinski definition) is 3. The number of carbonyl (C=O) groups excluding carboxylic acids is 1. The molecule has 0 spiro atoms. The molecule has 29 heavy (non-hydrogen) atoms. The lowest BCUT2D eigenvalue weighted by atomic mass is 9.98. The predicted octanol–water partition coefficient (Wildman–Crippen LogP) is 3.97. The summed E-state index contributed by atoms with van der Waals surface area (Å²) in [5.74, 6) is -1.82. The minimum atomic E-state index is -0.666. The SMILES string of the molecule is O=C(Nc1ccc(C2=CCNCC2)cc1F)c1ccc(C2=CCNCC2)cc1F. The molecule has 2 aromatic carbocycles. The van der Waals surface area contributed by atoms with Gasteiger partial charge in [0.05, 0.1) is 11.3 Å². The maximum absolute atomic E-state index is 14.6. The number of benzene rings is 2. The predicted molar refractivity (Wildman–Crippen MR) is 112 cm³/mol. The van der Waals surface area contributed by atoms with E-state index in [0.717, 1.165) is 61.3 Å². The van der Waals surface area contributed by atoms with Gasteiger partial charge in [-0.1, -0.05) is 24.3 Å². The van der Waals surface area contributed by atoms with Crippen molar-refractivity contribution in [3.8, 4) is 0 Å². The van der Waals surface area contributed by atoms with Crippen molar-refractivity contribution in [2.75, 3.05) is 31.5 Å². The van der Waals surface area contributed by atoms with Crippen LogP contribution < -0.4 is 16.0 Å². The van der Waals surface area contributed by atoms with Crippen LogP contribution in [0.1, 0.15) is 34.3 Å². The van der Waals surface area contributed by atoms with Gasteiger partial charge in [-0.3, -0.25) is 4.79 Å². The van der Waals surface area contributed by atoms with E-state index in [9.17, 15) is 13.6 Å². The van der Waals surface area contributed by atoms with Gasteiger partial charge in [-0.2, -0.15) is 0 Å². The van der Waals surface area contributed by atoms with Crippen LogP contribution in [-0.4, -0.2) is 32.1 Å². The highest BCUT2D eigenvalue weighted by molar-refractivity contribution is 6.04. The Morgan fingerprint density at radius 1 is 0.828 bits per heavy atom. The lowest BCUT2D eigenvalue weighted by Crippen LogP contribution is -2.20. The minimum Gasteiger partial charge on any atom is -0.319 e. The Morgan fingerprint density at radius 3 is 1.93 bits per heavy atom. The second-order valence-corrected chi connectivity index (χ2v) is 7.21. The maximum atomic E-state index is 14.6. The lowest BCUT2D eigenvalue weighted by molar-refractivity contribution is 0.102. The normalized spacial score (nSPS) is 16.8. The van der Waals surface area contributed by atoms with Gasteiger partial charge < -0.3 is 16.0 Å². The van der Waals surface area contributed by atoms with Crippen molar-refractivity contribution in [2.45, 2.75) is 12.8 Å². The molecular formula is C23H23F2N3O. The third-order valence-electron chi connectivity index (χ3n) is 5.30. The number of hydrogen-bond acceptors (Lipinski definition) is 3. The molecule has 6 heteroatoms. The molecule has 0 saturated heterocycles. The summed E-state index contributed by atoms with van der Waals surface area (Å²) in [6, 6.07) is 9.27. The van der Waals surface area contributed by atoms with E-state index in [1.165, 1.54) is 24.3 Å². The van der Waals surface area contributed by atoms with Crippen molar-refractivity contribution < 1.29 is 13.6 Å². The monoisotopic (exact) mass is 395 g/mol. The molecule has 1 amide bonds. The second-order valence-electron chi connectivity index (χ2n) is 7.21. The molecule has 150 valence electrons. The van der Waals surface area contributed by atoms with Crippen molar-refractivity contribution >= 4 is 22.7 Å². The summed E-state index contributed by atoms with van der Waals surface area (Å²) in [4.78, 5) is 12.5. The number of amides is 1. The average molecular weight is 395 g/mol. The molecule has 0 aromatic heterocycles. The van der Waals surface area contributed by atoms with Crippen molar-refractivity contribution in [1.29, 1.82) is 0 Å². The van der Waals surface area contributed by atoms with Crippen molar-refractivity contribution in [3.63, 3.8) is 0 Å². The fraction of sp³-hybridized carbons (Fsp3) is 0.261. The first-order chi connectivity index (χ1) is 14.1. The summed E-state index contributed by atoms with van der Waals surface area (Å²) < 4.78 is 29.1. The van der Waals surface area contributed by atoms with Crippen LogP contribution in [0, 0.1) is 11.6 Å². The van der Waals surface area contributed by atoms with Gasteiger partial charge in [0, 0.05) is 13.1 Å². The third-order valence-corrected chi connectivity index (χ3v) is 5.30. The fourth-order valence-corrected chi connectivity index (χ4v) is 3.67. The van der Waals surface area contributed by atoms with Gasteiger partial charge in [-0.05, 0) is 72.5 Å². The number of anilines is 1. The van der Waals surface area contributed by atoms with Crippen LogP contribution in [0.25, 0.3) is 11.1 Å². The summed E-state index contributed by atoms with van der Waals surface area (Å²) >= 11 is 0. The molecule has 0 fully saturated rings. The molecule has 3 N–H and O–H groups in total. The van der Waals surface area contributed by atoms with Gasteiger partial charge in [0.1, 0.15) is 11.6 Å². The Balaban J connectivity index is 1.50. The number of carbonyl (C=O) groups is 1. The van der Waals surface area contributed by atoms with E-state index in [2.05, 4.69) is 16.0 Å². The van der Waals surface area contributed by atoms with Crippen LogP contribution in [0.2, 0.25) is 0 Å². The Labute approximate surface area is 168 Å². The van der Waals surface area contributed by atoms with E-state index in [1.54, 1.807) is 12.1 Å². The van der Waals surface area contributed by atoms with Gasteiger partial charge in [-0.15, -0.1) is 0 Å². The highest BCUT2D eigenvalue weighted by Crippen LogP contribution is 2.26. The Bertz CT molecular complexity index is 998. The summed E-state index contributed by atoms with van der Waals surface area (Å²) in [5.41, 5.74) is 3.64. The summed E-state index contributed by atoms with van der Waals surface area (Å²) in [5, 5.41) is 8.91. The molecule has 2 aliphatic rings. The molecular weight excluding hydrogens is 372 g/mol.